The van der Waals surface area contributed by atoms with E-state index in [-0.39, 0.29) is 11.7 Å². The lowest BCUT2D eigenvalue weighted by Gasteiger charge is -2.18. The second-order valence-corrected chi connectivity index (χ2v) is 5.33. The van der Waals surface area contributed by atoms with Gasteiger partial charge in [-0.15, -0.1) is 0 Å². The summed E-state index contributed by atoms with van der Waals surface area (Å²) in [7, 11) is 0. The molecule has 6 heteroatoms. The van der Waals surface area contributed by atoms with Gasteiger partial charge in [0.25, 0.3) is 5.91 Å². The van der Waals surface area contributed by atoms with Crippen molar-refractivity contribution in [2.45, 2.75) is 25.4 Å². The molecule has 0 saturated heterocycles. The van der Waals surface area contributed by atoms with Gasteiger partial charge >= 0.3 is 5.97 Å². The zero-order valence-corrected chi connectivity index (χ0v) is 11.5. The number of aliphatic carboxylic acids is 1. The van der Waals surface area contributed by atoms with Crippen LogP contribution in [0.15, 0.2) is 21.6 Å². The highest BCUT2D eigenvalue weighted by atomic mass is 32.2. The molecule has 0 bridgehead atoms. The Hall–Kier alpha value is -1.43. The third-order valence-electron chi connectivity index (χ3n) is 2.62. The molecule has 0 unspecified atom stereocenters. The average Bonchev–Trinajstić information content (AvgIpc) is 2.76. The van der Waals surface area contributed by atoms with E-state index >= 15 is 0 Å². The Kier molecular flexibility index (Phi) is 4.84. The lowest BCUT2D eigenvalue weighted by atomic mass is 9.90. The number of carboxylic acids is 1. The van der Waals surface area contributed by atoms with Crippen LogP contribution >= 0.6 is 11.8 Å². The summed E-state index contributed by atoms with van der Waals surface area (Å²) in [6.45, 7) is 3.55. The Labute approximate surface area is 110 Å². The van der Waals surface area contributed by atoms with Gasteiger partial charge in [-0.3, -0.25) is 9.59 Å². The second kappa shape index (κ2) is 5.95. The molecule has 2 N–H and O–H groups in total. The van der Waals surface area contributed by atoms with Crippen molar-refractivity contribution in [1.29, 1.82) is 0 Å². The largest absolute Gasteiger partial charge is 0.481 e. The fraction of sp³-hybridized carbons (Fsp3) is 0.500. The number of amides is 1. The molecule has 0 aromatic carbocycles. The van der Waals surface area contributed by atoms with E-state index in [1.807, 2.05) is 6.26 Å². The Morgan fingerprint density at radius 1 is 1.44 bits per heavy atom. The summed E-state index contributed by atoms with van der Waals surface area (Å²) in [5.41, 5.74) is -0.846. The molecule has 1 aromatic rings. The number of hydrogen-bond donors (Lipinski definition) is 2. The highest BCUT2D eigenvalue weighted by molar-refractivity contribution is 7.98. The van der Waals surface area contributed by atoms with Gasteiger partial charge in [-0.1, -0.05) is 11.8 Å². The van der Waals surface area contributed by atoms with E-state index in [2.05, 4.69) is 5.32 Å². The van der Waals surface area contributed by atoms with Crippen molar-refractivity contribution in [1.82, 2.24) is 5.32 Å². The molecule has 0 aliphatic rings. The first-order valence-electron chi connectivity index (χ1n) is 5.52. The van der Waals surface area contributed by atoms with Gasteiger partial charge in [0, 0.05) is 6.54 Å². The minimum Gasteiger partial charge on any atom is -0.481 e. The number of rotatable bonds is 6. The summed E-state index contributed by atoms with van der Waals surface area (Å²) in [5, 5.41) is 12.2. The summed E-state index contributed by atoms with van der Waals surface area (Å²) in [6.07, 6.45) is 2.22. The number of nitrogens with one attached hydrogen (secondary N) is 1. The summed E-state index contributed by atoms with van der Waals surface area (Å²) in [6, 6.07) is 3.32. The summed E-state index contributed by atoms with van der Waals surface area (Å²) >= 11 is 1.41. The van der Waals surface area contributed by atoms with E-state index in [1.165, 1.54) is 11.8 Å². The maximum absolute atomic E-state index is 11.7. The van der Waals surface area contributed by atoms with E-state index in [0.29, 0.717) is 18.1 Å². The van der Waals surface area contributed by atoms with Crippen LogP contribution in [0.1, 0.15) is 30.8 Å². The van der Waals surface area contributed by atoms with Crippen molar-refractivity contribution in [3.63, 3.8) is 0 Å². The van der Waals surface area contributed by atoms with Crippen LogP contribution in [0.2, 0.25) is 0 Å². The number of furan rings is 1. The molecule has 1 heterocycles. The average molecular weight is 271 g/mol. The lowest BCUT2D eigenvalue weighted by molar-refractivity contribution is -0.147. The Morgan fingerprint density at radius 3 is 2.61 bits per heavy atom. The van der Waals surface area contributed by atoms with Crippen LogP contribution in [-0.2, 0) is 4.79 Å². The van der Waals surface area contributed by atoms with Gasteiger partial charge in [-0.05, 0) is 38.7 Å². The van der Waals surface area contributed by atoms with Crippen LogP contribution < -0.4 is 5.32 Å². The molecule has 5 nitrogen and oxygen atoms in total. The maximum Gasteiger partial charge on any atom is 0.309 e. The third-order valence-corrected chi connectivity index (χ3v) is 3.24. The second-order valence-electron chi connectivity index (χ2n) is 4.52. The molecule has 0 fully saturated rings. The molecule has 0 aliphatic carbocycles. The van der Waals surface area contributed by atoms with Crippen LogP contribution in [0.25, 0.3) is 0 Å². The van der Waals surface area contributed by atoms with Crippen molar-refractivity contribution in [3.8, 4) is 0 Å². The predicted molar refractivity (Wildman–Crippen MR) is 68.9 cm³/mol. The van der Waals surface area contributed by atoms with Gasteiger partial charge in [0.05, 0.1) is 5.41 Å². The molecule has 1 rings (SSSR count). The summed E-state index contributed by atoms with van der Waals surface area (Å²) < 4.78 is 5.26. The first-order chi connectivity index (χ1) is 8.36. The van der Waals surface area contributed by atoms with Crippen LogP contribution in [0.4, 0.5) is 0 Å². The van der Waals surface area contributed by atoms with E-state index in [9.17, 15) is 9.59 Å². The quantitative estimate of drug-likeness (QED) is 0.776. The van der Waals surface area contributed by atoms with Crippen molar-refractivity contribution >= 4 is 23.6 Å². The van der Waals surface area contributed by atoms with E-state index in [1.54, 1.807) is 26.0 Å². The SMILES string of the molecule is CSc1ccc(C(=O)NCCC(C)(C)C(=O)O)o1. The molecule has 0 atom stereocenters. The minimum atomic E-state index is -0.876. The molecule has 0 radical (unpaired) electrons. The normalized spacial score (nSPS) is 11.3. The zero-order chi connectivity index (χ0) is 13.8. The fourth-order valence-corrected chi connectivity index (χ4v) is 1.61. The van der Waals surface area contributed by atoms with Gasteiger partial charge in [-0.25, -0.2) is 0 Å². The van der Waals surface area contributed by atoms with Crippen molar-refractivity contribution < 1.29 is 19.1 Å². The number of carbonyl (C=O) groups excluding carboxylic acids is 1. The monoisotopic (exact) mass is 271 g/mol. The van der Waals surface area contributed by atoms with Gasteiger partial charge in [0.2, 0.25) is 0 Å². The molecule has 1 amide bonds. The highest BCUT2D eigenvalue weighted by Gasteiger charge is 2.26. The van der Waals surface area contributed by atoms with Gasteiger partial charge < -0.3 is 14.8 Å². The molecular formula is C12H17NO4S. The van der Waals surface area contributed by atoms with Crippen LogP contribution in [0.5, 0.6) is 0 Å². The smallest absolute Gasteiger partial charge is 0.309 e. The van der Waals surface area contributed by atoms with Gasteiger partial charge in [0.15, 0.2) is 10.9 Å². The number of hydrogen-bond acceptors (Lipinski definition) is 4. The topological polar surface area (TPSA) is 79.5 Å². The predicted octanol–water partition coefficient (Wildman–Crippen LogP) is 2.23. The molecule has 0 aliphatic heterocycles. The lowest BCUT2D eigenvalue weighted by Crippen LogP contribution is -2.31. The van der Waals surface area contributed by atoms with E-state index < -0.39 is 11.4 Å². The van der Waals surface area contributed by atoms with Crippen LogP contribution in [0.3, 0.4) is 0 Å². The number of thioether (sulfide) groups is 1. The third kappa shape index (κ3) is 3.80. The summed E-state index contributed by atoms with van der Waals surface area (Å²) in [4.78, 5) is 22.5. The van der Waals surface area contributed by atoms with Crippen LogP contribution in [-0.4, -0.2) is 29.8 Å². The molecule has 18 heavy (non-hydrogen) atoms. The van der Waals surface area contributed by atoms with Gasteiger partial charge in [0.1, 0.15) is 0 Å². The maximum atomic E-state index is 11.7. The van der Waals surface area contributed by atoms with E-state index in [4.69, 9.17) is 9.52 Å². The standard InChI is InChI=1S/C12H17NO4S/c1-12(2,11(15)16)6-7-13-10(14)8-4-5-9(17-8)18-3/h4-5H,6-7H2,1-3H3,(H,13,14)(H,15,16). The zero-order valence-electron chi connectivity index (χ0n) is 10.6. The van der Waals surface area contributed by atoms with Crippen molar-refractivity contribution in [3.05, 3.63) is 17.9 Å². The minimum absolute atomic E-state index is 0.243. The Morgan fingerprint density at radius 2 is 2.11 bits per heavy atom. The Balaban J connectivity index is 2.45. The van der Waals surface area contributed by atoms with E-state index in [0.717, 1.165) is 0 Å². The first kappa shape index (κ1) is 14.6. The van der Waals surface area contributed by atoms with Crippen LogP contribution in [0, 0.1) is 5.41 Å². The molecular weight excluding hydrogens is 254 g/mol. The first-order valence-corrected chi connectivity index (χ1v) is 6.75. The Bertz CT molecular complexity index is 439. The van der Waals surface area contributed by atoms with Gasteiger partial charge in [-0.2, -0.15) is 0 Å². The van der Waals surface area contributed by atoms with Crippen molar-refractivity contribution in [2.75, 3.05) is 12.8 Å². The highest BCUT2D eigenvalue weighted by Crippen LogP contribution is 2.20. The van der Waals surface area contributed by atoms with Crippen molar-refractivity contribution in [2.24, 2.45) is 5.41 Å². The number of carboxylic acid groups (broad SMARTS) is 1. The molecule has 0 spiro atoms. The fourth-order valence-electron chi connectivity index (χ4n) is 1.23. The summed E-state index contributed by atoms with van der Waals surface area (Å²) in [5.74, 6) is -0.955. The molecule has 0 saturated carbocycles. The molecule has 1 aromatic heterocycles. The molecule has 100 valence electrons. The number of carbonyl (C=O) groups is 2.